The first-order valence-electron chi connectivity index (χ1n) is 17.5. The van der Waals surface area contributed by atoms with Gasteiger partial charge >= 0.3 is 0 Å². The highest BCUT2D eigenvalue weighted by Crippen LogP contribution is 2.30. The number of likely N-dealkylation sites (N-methyl/N-ethyl adjacent to an activating group) is 1. The minimum absolute atomic E-state index is 0.0170. The van der Waals surface area contributed by atoms with Gasteiger partial charge in [0.1, 0.15) is 11.0 Å². The number of nitrogens with one attached hydrogen (secondary N) is 2. The molecule has 1 aromatic heterocycles. The molecule has 1 aromatic carbocycles. The molecule has 0 aliphatic carbocycles. The third-order valence-electron chi connectivity index (χ3n) is 9.90. The number of ether oxygens (including phenoxy) is 2. The summed E-state index contributed by atoms with van der Waals surface area (Å²) >= 11 is 1.51. The smallest absolute Gasteiger partial charge is 0.245 e. The summed E-state index contributed by atoms with van der Waals surface area (Å²) in [6.45, 7) is 11.7. The maximum absolute atomic E-state index is 14.1. The quantitative estimate of drug-likeness (QED) is 0.232. The molecule has 2 heterocycles. The normalized spacial score (nSPS) is 19.0. The van der Waals surface area contributed by atoms with Gasteiger partial charge in [-0.3, -0.25) is 19.2 Å². The Hall–Kier alpha value is -3.35. The Morgan fingerprint density at radius 1 is 1.06 bits per heavy atom. The number of benzene rings is 1. The fraction of sp³-hybridized carbons (Fsp3) is 0.649. The first kappa shape index (κ1) is 40.1. The SMILES string of the molecule is CC[C@H](C)[C@@H]([C@@H](CC(=O)N1CCC[C@H]1[C@H](OC)[C@@H](C)C(=O)N[C@@H](Cc1ccccc1)c1nccs1)OC)N(C)C(=O)[C@@H](NC(C)=O)C(C)C. The van der Waals surface area contributed by atoms with E-state index in [-0.39, 0.29) is 54.0 Å². The molecule has 12 heteroatoms. The molecule has 2 aromatic rings. The fourth-order valence-corrected chi connectivity index (χ4v) is 7.71. The molecule has 3 rings (SSSR count). The molecule has 1 fully saturated rings. The van der Waals surface area contributed by atoms with Crippen molar-refractivity contribution in [2.75, 3.05) is 27.8 Å². The standard InChI is InChI=1S/C37H57N5O6S/c1-10-24(4)33(41(7)37(46)32(23(2)3)39-26(6)43)30(47-8)22-31(44)42-19-14-17-29(42)34(48-9)25(5)35(45)40-28(36-38-18-20-49-36)21-27-15-12-11-13-16-27/h11-13,15-16,18,20,23-25,28-30,32-34H,10,14,17,19,21-22H2,1-9H3,(H,39,43)(H,40,45)/t24-,25+,28-,29-,30+,32-,33-,34+/m0/s1. The molecule has 0 bridgehead atoms. The van der Waals surface area contributed by atoms with E-state index in [9.17, 15) is 19.2 Å². The zero-order valence-electron chi connectivity index (χ0n) is 30.7. The van der Waals surface area contributed by atoms with Gasteiger partial charge in [0.25, 0.3) is 0 Å². The molecule has 0 spiro atoms. The van der Waals surface area contributed by atoms with Crippen LogP contribution in [0.1, 0.15) is 83.8 Å². The first-order chi connectivity index (χ1) is 23.3. The Morgan fingerprint density at radius 2 is 1.76 bits per heavy atom. The highest BCUT2D eigenvalue weighted by atomic mass is 32.1. The third kappa shape index (κ3) is 10.6. The van der Waals surface area contributed by atoms with Crippen LogP contribution in [0.4, 0.5) is 0 Å². The molecule has 0 radical (unpaired) electrons. The highest BCUT2D eigenvalue weighted by Gasteiger charge is 2.43. The minimum Gasteiger partial charge on any atom is -0.379 e. The van der Waals surface area contributed by atoms with E-state index in [4.69, 9.17) is 9.47 Å². The lowest BCUT2D eigenvalue weighted by Crippen LogP contribution is -2.57. The van der Waals surface area contributed by atoms with Gasteiger partial charge in [0.2, 0.25) is 23.6 Å². The summed E-state index contributed by atoms with van der Waals surface area (Å²) in [5, 5.41) is 8.75. The van der Waals surface area contributed by atoms with Crippen molar-refractivity contribution in [1.29, 1.82) is 0 Å². The van der Waals surface area contributed by atoms with Crippen LogP contribution in [0.15, 0.2) is 41.9 Å². The summed E-state index contributed by atoms with van der Waals surface area (Å²) in [4.78, 5) is 61.5. The summed E-state index contributed by atoms with van der Waals surface area (Å²) in [6.07, 6.45) is 3.56. The molecule has 11 nitrogen and oxygen atoms in total. The van der Waals surface area contributed by atoms with Gasteiger partial charge in [0.05, 0.1) is 42.7 Å². The highest BCUT2D eigenvalue weighted by molar-refractivity contribution is 7.09. The topological polar surface area (TPSA) is 130 Å². The van der Waals surface area contributed by atoms with E-state index < -0.39 is 30.2 Å². The summed E-state index contributed by atoms with van der Waals surface area (Å²) in [7, 11) is 4.89. The van der Waals surface area contributed by atoms with Crippen LogP contribution in [-0.2, 0) is 35.1 Å². The number of likely N-dealkylation sites (tertiary alicyclic amines) is 1. The van der Waals surface area contributed by atoms with E-state index in [0.29, 0.717) is 19.4 Å². The number of nitrogens with zero attached hydrogens (tertiary/aromatic N) is 3. The molecule has 1 saturated heterocycles. The molecule has 1 aliphatic rings. The lowest BCUT2D eigenvalue weighted by Gasteiger charge is -2.40. The van der Waals surface area contributed by atoms with Crippen molar-refractivity contribution in [3.8, 4) is 0 Å². The number of rotatable bonds is 18. The number of methoxy groups -OCH3 is 2. The summed E-state index contributed by atoms with van der Waals surface area (Å²) in [5.74, 6) is -1.40. The second-order valence-corrected chi connectivity index (χ2v) is 14.6. The Bertz CT molecular complexity index is 1340. The van der Waals surface area contributed by atoms with Gasteiger partial charge in [-0.25, -0.2) is 4.98 Å². The predicted octanol–water partition coefficient (Wildman–Crippen LogP) is 4.62. The van der Waals surface area contributed by atoms with Crippen molar-refractivity contribution < 1.29 is 28.7 Å². The second kappa shape index (κ2) is 19.2. The van der Waals surface area contributed by atoms with Gasteiger partial charge in [-0.05, 0) is 36.7 Å². The molecule has 49 heavy (non-hydrogen) atoms. The van der Waals surface area contributed by atoms with Gasteiger partial charge in [-0.2, -0.15) is 0 Å². The van der Waals surface area contributed by atoms with Crippen molar-refractivity contribution in [1.82, 2.24) is 25.4 Å². The number of carbonyl (C=O) groups excluding carboxylic acids is 4. The van der Waals surface area contributed by atoms with E-state index >= 15 is 0 Å². The fourth-order valence-electron chi connectivity index (χ4n) is 7.02. The van der Waals surface area contributed by atoms with Crippen LogP contribution in [0.5, 0.6) is 0 Å². The van der Waals surface area contributed by atoms with Crippen LogP contribution in [0.25, 0.3) is 0 Å². The van der Waals surface area contributed by atoms with Crippen molar-refractivity contribution in [2.45, 2.75) is 110 Å². The summed E-state index contributed by atoms with van der Waals surface area (Å²) in [6, 6.07) is 8.31. The van der Waals surface area contributed by atoms with Gasteiger partial charge in [0, 0.05) is 46.3 Å². The molecular weight excluding hydrogens is 643 g/mol. The zero-order valence-corrected chi connectivity index (χ0v) is 31.5. The summed E-state index contributed by atoms with van der Waals surface area (Å²) in [5.41, 5.74) is 1.09. The van der Waals surface area contributed by atoms with E-state index in [1.165, 1.54) is 18.3 Å². The molecule has 0 saturated carbocycles. The number of thiazole rings is 1. The third-order valence-corrected chi connectivity index (χ3v) is 10.8. The molecule has 2 N–H and O–H groups in total. The Balaban J connectivity index is 1.77. The van der Waals surface area contributed by atoms with Crippen molar-refractivity contribution >= 4 is 35.0 Å². The van der Waals surface area contributed by atoms with E-state index in [0.717, 1.165) is 23.4 Å². The van der Waals surface area contributed by atoms with E-state index in [1.807, 2.05) is 75.2 Å². The second-order valence-electron chi connectivity index (χ2n) is 13.6. The maximum atomic E-state index is 14.1. The lowest BCUT2D eigenvalue weighted by molar-refractivity contribution is -0.147. The van der Waals surface area contributed by atoms with Gasteiger partial charge < -0.3 is 29.9 Å². The van der Waals surface area contributed by atoms with Gasteiger partial charge in [0.15, 0.2) is 0 Å². The lowest BCUT2D eigenvalue weighted by atomic mass is 9.89. The van der Waals surface area contributed by atoms with Crippen LogP contribution >= 0.6 is 11.3 Å². The molecule has 1 aliphatic heterocycles. The minimum atomic E-state index is -0.691. The Kier molecular flexibility index (Phi) is 15.7. The average Bonchev–Trinajstić information content (AvgIpc) is 3.80. The van der Waals surface area contributed by atoms with Crippen molar-refractivity contribution in [2.24, 2.45) is 17.8 Å². The largest absolute Gasteiger partial charge is 0.379 e. The first-order valence-corrected chi connectivity index (χ1v) is 18.3. The van der Waals surface area contributed by atoms with Crippen LogP contribution in [0.2, 0.25) is 0 Å². The van der Waals surface area contributed by atoms with Crippen molar-refractivity contribution in [3.63, 3.8) is 0 Å². The van der Waals surface area contributed by atoms with Crippen LogP contribution < -0.4 is 10.6 Å². The molecule has 272 valence electrons. The summed E-state index contributed by atoms with van der Waals surface area (Å²) < 4.78 is 12.0. The maximum Gasteiger partial charge on any atom is 0.245 e. The van der Waals surface area contributed by atoms with Gasteiger partial charge in [-0.1, -0.05) is 71.4 Å². The zero-order chi connectivity index (χ0) is 36.2. The molecule has 8 atom stereocenters. The number of amides is 4. The van der Waals surface area contributed by atoms with Gasteiger partial charge in [-0.15, -0.1) is 11.3 Å². The molecule has 0 unspecified atom stereocenters. The van der Waals surface area contributed by atoms with Crippen molar-refractivity contribution in [3.05, 3.63) is 52.5 Å². The number of hydrogen-bond acceptors (Lipinski definition) is 8. The average molecular weight is 700 g/mol. The Labute approximate surface area is 296 Å². The predicted molar refractivity (Wildman–Crippen MR) is 192 cm³/mol. The van der Waals surface area contributed by atoms with E-state index in [2.05, 4.69) is 15.6 Å². The monoisotopic (exact) mass is 699 g/mol. The Morgan fingerprint density at radius 3 is 2.31 bits per heavy atom. The number of hydrogen-bond donors (Lipinski definition) is 2. The molecule has 4 amide bonds. The van der Waals surface area contributed by atoms with Crippen LogP contribution in [-0.4, -0.2) is 96.6 Å². The van der Waals surface area contributed by atoms with Crippen LogP contribution in [0.3, 0.4) is 0 Å². The molecular formula is C37H57N5O6S. The van der Waals surface area contributed by atoms with E-state index in [1.54, 1.807) is 32.4 Å². The van der Waals surface area contributed by atoms with Crippen LogP contribution in [0, 0.1) is 17.8 Å². The number of aromatic nitrogens is 1. The number of carbonyl (C=O) groups is 4.